The molecule has 0 saturated carbocycles. The Labute approximate surface area is 232 Å². The molecular formula is C32H33F2NO5. The summed E-state index contributed by atoms with van der Waals surface area (Å²) >= 11 is 0. The van der Waals surface area contributed by atoms with Crippen molar-refractivity contribution in [3.8, 4) is 22.6 Å². The van der Waals surface area contributed by atoms with Gasteiger partial charge in [0, 0.05) is 24.2 Å². The molecule has 0 bridgehead atoms. The number of carboxylic acid groups (broad SMARTS) is 1. The summed E-state index contributed by atoms with van der Waals surface area (Å²) in [7, 11) is 1.36. The van der Waals surface area contributed by atoms with Crippen molar-refractivity contribution < 1.29 is 33.0 Å². The number of hydrogen-bond donors (Lipinski definition) is 1. The van der Waals surface area contributed by atoms with Crippen LogP contribution in [0.4, 0.5) is 8.78 Å². The number of halogens is 2. The van der Waals surface area contributed by atoms with E-state index in [1.54, 1.807) is 4.90 Å². The minimum absolute atomic E-state index is 0.0108. The Kier molecular flexibility index (Phi) is 7.53. The largest absolute Gasteiger partial charge is 0.494 e. The van der Waals surface area contributed by atoms with E-state index in [9.17, 15) is 19.1 Å². The van der Waals surface area contributed by atoms with Crippen molar-refractivity contribution in [3.63, 3.8) is 0 Å². The van der Waals surface area contributed by atoms with Gasteiger partial charge in [0.1, 0.15) is 0 Å². The first-order valence-corrected chi connectivity index (χ1v) is 13.6. The maximum absolute atomic E-state index is 15.3. The van der Waals surface area contributed by atoms with Crippen molar-refractivity contribution in [2.45, 2.75) is 52.9 Å². The average Bonchev–Trinajstić information content (AvgIpc) is 3.17. The fraction of sp³-hybridized carbons (Fsp3) is 0.375. The highest BCUT2D eigenvalue weighted by Crippen LogP contribution is 2.43. The summed E-state index contributed by atoms with van der Waals surface area (Å²) in [6.07, 6.45) is 2.41. The van der Waals surface area contributed by atoms with Crippen LogP contribution in [0.2, 0.25) is 0 Å². The summed E-state index contributed by atoms with van der Waals surface area (Å²) in [5.41, 5.74) is 8.06. The number of nitrogens with zero attached hydrogens (tertiary/aromatic N) is 1. The average molecular weight is 550 g/mol. The normalized spacial score (nSPS) is 14.6. The molecule has 1 amide bonds. The summed E-state index contributed by atoms with van der Waals surface area (Å²) < 4.78 is 39.9. The Hall–Kier alpha value is -3.94. The van der Waals surface area contributed by atoms with Crippen LogP contribution in [0.5, 0.6) is 11.5 Å². The molecule has 40 heavy (non-hydrogen) atoms. The van der Waals surface area contributed by atoms with Gasteiger partial charge in [-0.05, 0) is 115 Å². The number of fused-ring (bicyclic) bond motifs is 2. The first kappa shape index (κ1) is 27.6. The van der Waals surface area contributed by atoms with Gasteiger partial charge < -0.3 is 19.5 Å². The van der Waals surface area contributed by atoms with Gasteiger partial charge in [-0.3, -0.25) is 9.59 Å². The lowest BCUT2D eigenvalue weighted by atomic mass is 9.80. The van der Waals surface area contributed by atoms with Crippen molar-refractivity contribution >= 4 is 11.9 Å². The molecule has 2 heterocycles. The van der Waals surface area contributed by atoms with Crippen molar-refractivity contribution in [3.05, 3.63) is 80.4 Å². The van der Waals surface area contributed by atoms with E-state index >= 15 is 4.39 Å². The molecule has 3 aromatic rings. The first-order valence-electron chi connectivity index (χ1n) is 13.6. The van der Waals surface area contributed by atoms with Crippen LogP contribution in [0.25, 0.3) is 11.1 Å². The lowest BCUT2D eigenvalue weighted by Gasteiger charge is -2.26. The zero-order valence-corrected chi connectivity index (χ0v) is 23.2. The standard InChI is InChI=1S/C32H33F2NO5/c1-17-21-9-11-35(32(38)20-7-8-26(33)28(14-20)39-4)12-10-22(21)19(3)30(25(17)16-29(36)37)24-15-27(34)31-23(18(24)2)6-5-13-40-31/h7-8,14-15H,5-6,9-13,16H2,1-4H3,(H,36,37). The molecule has 2 aliphatic heterocycles. The van der Waals surface area contributed by atoms with Gasteiger partial charge in [0.25, 0.3) is 5.91 Å². The van der Waals surface area contributed by atoms with Crippen LogP contribution < -0.4 is 9.47 Å². The van der Waals surface area contributed by atoms with E-state index in [0.717, 1.165) is 45.4 Å². The lowest BCUT2D eigenvalue weighted by molar-refractivity contribution is -0.136. The monoisotopic (exact) mass is 549 g/mol. The highest BCUT2D eigenvalue weighted by atomic mass is 19.1. The molecule has 0 atom stereocenters. The van der Waals surface area contributed by atoms with E-state index in [-0.39, 0.29) is 18.1 Å². The molecule has 6 nitrogen and oxygen atoms in total. The summed E-state index contributed by atoms with van der Waals surface area (Å²) in [4.78, 5) is 27.2. The van der Waals surface area contributed by atoms with Gasteiger partial charge >= 0.3 is 5.97 Å². The van der Waals surface area contributed by atoms with Crippen molar-refractivity contribution in [1.29, 1.82) is 0 Å². The molecule has 0 aromatic heterocycles. The number of carboxylic acids is 1. The number of rotatable bonds is 5. The summed E-state index contributed by atoms with van der Waals surface area (Å²) in [6.45, 7) is 7.19. The second kappa shape index (κ2) is 10.9. The van der Waals surface area contributed by atoms with E-state index in [1.807, 2.05) is 20.8 Å². The van der Waals surface area contributed by atoms with Crippen molar-refractivity contribution in [2.75, 3.05) is 26.8 Å². The molecule has 0 saturated heterocycles. The zero-order valence-electron chi connectivity index (χ0n) is 23.2. The quantitative estimate of drug-likeness (QED) is 0.438. The van der Waals surface area contributed by atoms with Crippen molar-refractivity contribution in [1.82, 2.24) is 4.90 Å². The SMILES string of the molecule is COc1cc(C(=O)N2CCc3c(C)c(CC(=O)O)c(-c4cc(F)c5c(c4C)CCCO5)c(C)c3CC2)ccc1F. The maximum atomic E-state index is 15.3. The zero-order chi connectivity index (χ0) is 28.7. The van der Waals surface area contributed by atoms with E-state index < -0.39 is 17.6 Å². The first-order chi connectivity index (χ1) is 19.1. The Morgan fingerprint density at radius 1 is 0.950 bits per heavy atom. The minimum Gasteiger partial charge on any atom is -0.494 e. The molecule has 0 unspecified atom stereocenters. The Morgan fingerprint density at radius 2 is 1.65 bits per heavy atom. The van der Waals surface area contributed by atoms with Crippen LogP contribution in [0, 0.1) is 32.4 Å². The van der Waals surface area contributed by atoms with Crippen molar-refractivity contribution in [2.24, 2.45) is 0 Å². The predicted octanol–water partition coefficient (Wildman–Crippen LogP) is 5.76. The fourth-order valence-corrected chi connectivity index (χ4v) is 6.31. The van der Waals surface area contributed by atoms with E-state index in [2.05, 4.69) is 0 Å². The number of carbonyl (C=O) groups is 2. The van der Waals surface area contributed by atoms with Crippen LogP contribution in [-0.4, -0.2) is 48.7 Å². The molecule has 1 N–H and O–H groups in total. The molecular weight excluding hydrogens is 516 g/mol. The number of amides is 1. The van der Waals surface area contributed by atoms with Gasteiger partial charge in [0.2, 0.25) is 0 Å². The molecule has 5 rings (SSSR count). The molecule has 210 valence electrons. The molecule has 8 heteroatoms. The Bertz CT molecular complexity index is 1530. The fourth-order valence-electron chi connectivity index (χ4n) is 6.31. The Morgan fingerprint density at radius 3 is 2.33 bits per heavy atom. The number of aliphatic carboxylic acids is 1. The van der Waals surface area contributed by atoms with Crippen LogP contribution in [0.3, 0.4) is 0 Å². The van der Waals surface area contributed by atoms with Gasteiger partial charge in [-0.2, -0.15) is 0 Å². The smallest absolute Gasteiger partial charge is 0.307 e. The third-order valence-electron chi connectivity index (χ3n) is 8.38. The van der Waals surface area contributed by atoms with Crippen LogP contribution in [0.15, 0.2) is 24.3 Å². The number of ether oxygens (including phenoxy) is 2. The van der Waals surface area contributed by atoms with Crippen LogP contribution in [-0.2, 0) is 30.5 Å². The number of carbonyl (C=O) groups excluding carboxylic acids is 1. The van der Waals surface area contributed by atoms with Gasteiger partial charge in [0.05, 0.1) is 20.1 Å². The number of methoxy groups -OCH3 is 1. The van der Waals surface area contributed by atoms with Gasteiger partial charge in [-0.15, -0.1) is 0 Å². The van der Waals surface area contributed by atoms with E-state index in [1.165, 1.54) is 31.4 Å². The molecule has 0 radical (unpaired) electrons. The predicted molar refractivity (Wildman–Crippen MR) is 147 cm³/mol. The topological polar surface area (TPSA) is 76.1 Å². The molecule has 0 aliphatic carbocycles. The van der Waals surface area contributed by atoms with Gasteiger partial charge in [-0.1, -0.05) is 0 Å². The van der Waals surface area contributed by atoms with E-state index in [4.69, 9.17) is 9.47 Å². The third kappa shape index (κ3) is 4.80. The van der Waals surface area contributed by atoms with Gasteiger partial charge in [-0.25, -0.2) is 8.78 Å². The molecule has 0 fully saturated rings. The second-order valence-electron chi connectivity index (χ2n) is 10.6. The highest BCUT2D eigenvalue weighted by Gasteiger charge is 2.29. The third-order valence-corrected chi connectivity index (χ3v) is 8.38. The Balaban J connectivity index is 1.59. The summed E-state index contributed by atoms with van der Waals surface area (Å²) in [5, 5.41) is 9.85. The van der Waals surface area contributed by atoms with E-state index in [0.29, 0.717) is 61.4 Å². The molecule has 2 aliphatic rings. The lowest BCUT2D eigenvalue weighted by Crippen LogP contribution is -2.33. The highest BCUT2D eigenvalue weighted by molar-refractivity contribution is 5.95. The second-order valence-corrected chi connectivity index (χ2v) is 10.6. The van der Waals surface area contributed by atoms with Crippen LogP contribution in [0.1, 0.15) is 55.7 Å². The van der Waals surface area contributed by atoms with Gasteiger partial charge in [0.15, 0.2) is 23.1 Å². The number of hydrogen-bond acceptors (Lipinski definition) is 4. The molecule has 0 spiro atoms. The maximum Gasteiger partial charge on any atom is 0.307 e. The van der Waals surface area contributed by atoms with Crippen LogP contribution >= 0.6 is 0 Å². The minimum atomic E-state index is -0.959. The number of benzene rings is 3. The summed E-state index contributed by atoms with van der Waals surface area (Å²) in [6, 6.07) is 5.57. The summed E-state index contributed by atoms with van der Waals surface area (Å²) in [5.74, 6) is -1.85. The molecule has 3 aromatic carbocycles.